The van der Waals surface area contributed by atoms with Crippen molar-refractivity contribution in [2.75, 3.05) is 7.11 Å². The third kappa shape index (κ3) is 2.76. The average Bonchev–Trinajstić information content (AvgIpc) is 2.25. The number of benzene rings is 1. The van der Waals surface area contributed by atoms with Crippen molar-refractivity contribution in [1.29, 1.82) is 0 Å². The Morgan fingerprint density at radius 3 is 2.35 bits per heavy atom. The SMILES string of the molecule is COc1cc(C(=O)Cl)c(C=O)cc1C(F)(F)F. The minimum absolute atomic E-state index is 0.129. The Hall–Kier alpha value is -1.56. The van der Waals surface area contributed by atoms with Crippen LogP contribution in [0.2, 0.25) is 0 Å². The molecule has 7 heteroatoms. The molecule has 0 fully saturated rings. The standard InChI is InChI=1S/C10H6ClF3O3/c1-17-8-3-6(9(11)16)5(4-15)2-7(8)10(12,13)14/h2-4H,1H3. The number of carbonyl (C=O) groups is 2. The highest BCUT2D eigenvalue weighted by Gasteiger charge is 2.35. The van der Waals surface area contributed by atoms with Gasteiger partial charge in [0.25, 0.3) is 5.24 Å². The van der Waals surface area contributed by atoms with Crippen LogP contribution >= 0.6 is 11.6 Å². The molecule has 0 aliphatic carbocycles. The maximum atomic E-state index is 12.6. The minimum atomic E-state index is -4.68. The van der Waals surface area contributed by atoms with Crippen LogP contribution < -0.4 is 4.74 Å². The van der Waals surface area contributed by atoms with Crippen molar-refractivity contribution in [3.8, 4) is 5.75 Å². The number of alkyl halides is 3. The van der Waals surface area contributed by atoms with Gasteiger partial charge in [0.2, 0.25) is 0 Å². The topological polar surface area (TPSA) is 43.4 Å². The van der Waals surface area contributed by atoms with Gasteiger partial charge in [0.05, 0.1) is 12.7 Å². The fourth-order valence-corrected chi connectivity index (χ4v) is 1.42. The molecule has 3 nitrogen and oxygen atoms in total. The lowest BCUT2D eigenvalue weighted by Gasteiger charge is -2.13. The summed E-state index contributed by atoms with van der Waals surface area (Å²) in [6.07, 6.45) is -4.55. The summed E-state index contributed by atoms with van der Waals surface area (Å²) < 4.78 is 42.2. The van der Waals surface area contributed by atoms with Crippen molar-refractivity contribution < 1.29 is 27.5 Å². The predicted octanol–water partition coefficient (Wildman–Crippen LogP) is 2.91. The fraction of sp³-hybridized carbons (Fsp3) is 0.200. The first-order valence-corrected chi connectivity index (χ1v) is 4.63. The lowest BCUT2D eigenvalue weighted by atomic mass is 10.0. The fourth-order valence-electron chi connectivity index (χ4n) is 1.25. The van der Waals surface area contributed by atoms with Gasteiger partial charge >= 0.3 is 6.18 Å². The van der Waals surface area contributed by atoms with Crippen molar-refractivity contribution in [3.05, 3.63) is 28.8 Å². The van der Waals surface area contributed by atoms with Gasteiger partial charge in [-0.05, 0) is 23.7 Å². The van der Waals surface area contributed by atoms with E-state index in [1.165, 1.54) is 0 Å². The Kier molecular flexibility index (Phi) is 3.77. The summed E-state index contributed by atoms with van der Waals surface area (Å²) in [4.78, 5) is 21.5. The largest absolute Gasteiger partial charge is 0.496 e. The van der Waals surface area contributed by atoms with Crippen LogP contribution in [0.15, 0.2) is 12.1 Å². The van der Waals surface area contributed by atoms with Gasteiger partial charge in [-0.15, -0.1) is 0 Å². The molecule has 0 saturated carbocycles. The zero-order chi connectivity index (χ0) is 13.2. The molecule has 0 N–H and O–H groups in total. The lowest BCUT2D eigenvalue weighted by Crippen LogP contribution is -2.10. The summed E-state index contributed by atoms with van der Waals surface area (Å²) in [6, 6.07) is 1.32. The van der Waals surface area contributed by atoms with E-state index >= 15 is 0 Å². The smallest absolute Gasteiger partial charge is 0.419 e. The monoisotopic (exact) mass is 266 g/mol. The normalized spacial score (nSPS) is 11.1. The molecule has 0 aliphatic rings. The Morgan fingerprint density at radius 2 is 2.00 bits per heavy atom. The highest BCUT2D eigenvalue weighted by atomic mass is 35.5. The van der Waals surface area contributed by atoms with Gasteiger partial charge < -0.3 is 4.74 Å². The van der Waals surface area contributed by atoms with Crippen LogP contribution in [0.4, 0.5) is 13.2 Å². The van der Waals surface area contributed by atoms with Crippen LogP contribution in [-0.2, 0) is 6.18 Å². The molecule has 0 saturated heterocycles. The molecular formula is C10H6ClF3O3. The number of ether oxygens (including phenoxy) is 1. The number of aldehydes is 1. The number of hydrogen-bond acceptors (Lipinski definition) is 3. The van der Waals surface area contributed by atoms with E-state index in [2.05, 4.69) is 4.74 Å². The Labute approximate surface area is 99.1 Å². The first-order valence-electron chi connectivity index (χ1n) is 4.25. The van der Waals surface area contributed by atoms with E-state index < -0.39 is 28.3 Å². The van der Waals surface area contributed by atoms with Gasteiger partial charge in [0.15, 0.2) is 6.29 Å². The van der Waals surface area contributed by atoms with Gasteiger partial charge in [0.1, 0.15) is 5.75 Å². The summed E-state index contributed by atoms with van der Waals surface area (Å²) in [5, 5.41) is -1.03. The van der Waals surface area contributed by atoms with E-state index in [-0.39, 0.29) is 11.8 Å². The van der Waals surface area contributed by atoms with Gasteiger partial charge in [-0.2, -0.15) is 13.2 Å². The average molecular weight is 267 g/mol. The predicted molar refractivity (Wildman–Crippen MR) is 53.6 cm³/mol. The van der Waals surface area contributed by atoms with Crippen LogP contribution in [0.25, 0.3) is 0 Å². The van der Waals surface area contributed by atoms with Crippen LogP contribution in [0, 0.1) is 0 Å². The Morgan fingerprint density at radius 1 is 1.41 bits per heavy atom. The maximum Gasteiger partial charge on any atom is 0.419 e. The van der Waals surface area contributed by atoms with Crippen molar-refractivity contribution >= 4 is 23.1 Å². The van der Waals surface area contributed by atoms with Gasteiger partial charge in [-0.25, -0.2) is 0 Å². The van der Waals surface area contributed by atoms with Gasteiger partial charge in [-0.3, -0.25) is 9.59 Å². The van der Waals surface area contributed by atoms with E-state index in [1.807, 2.05) is 0 Å². The molecule has 1 rings (SSSR count). The van der Waals surface area contributed by atoms with Gasteiger partial charge in [-0.1, -0.05) is 0 Å². The number of methoxy groups -OCH3 is 1. The summed E-state index contributed by atoms with van der Waals surface area (Å²) in [7, 11) is 1.02. The summed E-state index contributed by atoms with van der Waals surface area (Å²) >= 11 is 5.15. The van der Waals surface area contributed by atoms with E-state index in [0.29, 0.717) is 6.07 Å². The Bertz CT molecular complexity index is 469. The lowest BCUT2D eigenvalue weighted by molar-refractivity contribution is -0.138. The zero-order valence-corrected chi connectivity index (χ0v) is 9.22. The van der Waals surface area contributed by atoms with E-state index in [1.54, 1.807) is 0 Å². The summed E-state index contributed by atoms with van der Waals surface area (Å²) in [5.74, 6) is -0.563. The van der Waals surface area contributed by atoms with Crippen LogP contribution in [-0.4, -0.2) is 18.6 Å². The highest BCUT2D eigenvalue weighted by molar-refractivity contribution is 6.68. The molecule has 0 bridgehead atoms. The molecule has 0 aromatic heterocycles. The molecule has 0 unspecified atom stereocenters. The number of hydrogen-bond donors (Lipinski definition) is 0. The molecule has 17 heavy (non-hydrogen) atoms. The first kappa shape index (κ1) is 13.5. The molecule has 1 aromatic carbocycles. The molecule has 0 aliphatic heterocycles. The molecule has 0 amide bonds. The van der Waals surface area contributed by atoms with E-state index in [0.717, 1.165) is 13.2 Å². The third-order valence-corrected chi connectivity index (χ3v) is 2.22. The van der Waals surface area contributed by atoms with E-state index in [4.69, 9.17) is 11.6 Å². The van der Waals surface area contributed by atoms with Crippen LogP contribution in [0.5, 0.6) is 5.75 Å². The molecular weight excluding hydrogens is 261 g/mol. The highest BCUT2D eigenvalue weighted by Crippen LogP contribution is 2.37. The Balaban J connectivity index is 3.54. The van der Waals surface area contributed by atoms with Crippen LogP contribution in [0.1, 0.15) is 26.3 Å². The van der Waals surface area contributed by atoms with Crippen molar-refractivity contribution in [3.63, 3.8) is 0 Å². The second kappa shape index (κ2) is 4.75. The first-order chi connectivity index (χ1) is 7.81. The molecule has 0 spiro atoms. The third-order valence-electron chi connectivity index (χ3n) is 2.02. The van der Waals surface area contributed by atoms with Crippen molar-refractivity contribution in [2.24, 2.45) is 0 Å². The zero-order valence-electron chi connectivity index (χ0n) is 8.47. The minimum Gasteiger partial charge on any atom is -0.496 e. The summed E-state index contributed by atoms with van der Waals surface area (Å²) in [6.45, 7) is 0. The quantitative estimate of drug-likeness (QED) is 0.624. The molecule has 1 aromatic rings. The van der Waals surface area contributed by atoms with Crippen molar-refractivity contribution in [1.82, 2.24) is 0 Å². The number of halogens is 4. The number of rotatable bonds is 3. The summed E-state index contributed by atoms with van der Waals surface area (Å²) in [5.41, 5.74) is -1.89. The molecule has 92 valence electrons. The number of carbonyl (C=O) groups excluding carboxylic acids is 2. The second-order valence-corrected chi connectivity index (χ2v) is 3.37. The van der Waals surface area contributed by atoms with Crippen LogP contribution in [0.3, 0.4) is 0 Å². The van der Waals surface area contributed by atoms with Gasteiger partial charge in [0, 0.05) is 11.1 Å². The molecule has 0 heterocycles. The second-order valence-electron chi connectivity index (χ2n) is 3.03. The van der Waals surface area contributed by atoms with Crippen molar-refractivity contribution in [2.45, 2.75) is 6.18 Å². The maximum absolute atomic E-state index is 12.6. The molecule has 0 radical (unpaired) electrons. The van der Waals surface area contributed by atoms with E-state index in [9.17, 15) is 22.8 Å². The molecule has 0 atom stereocenters.